The molecule has 0 saturated heterocycles. The molecule has 2 aromatic rings. The van der Waals surface area contributed by atoms with Crippen LogP contribution in [-0.2, 0) is 11.3 Å². The molecule has 0 radical (unpaired) electrons. The van der Waals surface area contributed by atoms with Crippen molar-refractivity contribution in [1.29, 1.82) is 0 Å². The molecule has 5 heteroatoms. The van der Waals surface area contributed by atoms with Gasteiger partial charge >= 0.3 is 0 Å². The van der Waals surface area contributed by atoms with Crippen LogP contribution in [0.15, 0.2) is 42.5 Å². The van der Waals surface area contributed by atoms with E-state index in [4.69, 9.17) is 0 Å². The maximum Gasteiger partial charge on any atom is 0.251 e. The minimum Gasteiger partial charge on any atom is -0.349 e. The lowest BCUT2D eigenvalue weighted by molar-refractivity contribution is -0.124. The number of amides is 2. The largest absolute Gasteiger partial charge is 0.349 e. The van der Waals surface area contributed by atoms with Crippen LogP contribution in [0.25, 0.3) is 0 Å². The molecule has 0 aliphatic carbocycles. The normalized spacial score (nSPS) is 11.9. The molecule has 2 amide bonds. The summed E-state index contributed by atoms with van der Waals surface area (Å²) in [5.41, 5.74) is 3.25. The number of aromatic nitrogens is 1. The van der Waals surface area contributed by atoms with Crippen molar-refractivity contribution in [3.05, 3.63) is 65.0 Å². The quantitative estimate of drug-likeness (QED) is 0.850. The summed E-state index contributed by atoms with van der Waals surface area (Å²) < 4.78 is 0. The van der Waals surface area contributed by atoms with E-state index in [1.54, 1.807) is 12.1 Å². The van der Waals surface area contributed by atoms with E-state index in [0.717, 1.165) is 17.0 Å². The number of rotatable bonds is 6. The Hall–Kier alpha value is -2.69. The van der Waals surface area contributed by atoms with Crippen LogP contribution in [-0.4, -0.2) is 22.8 Å². The van der Waals surface area contributed by atoms with Gasteiger partial charge in [-0.2, -0.15) is 0 Å². The van der Waals surface area contributed by atoms with Gasteiger partial charge in [0.15, 0.2) is 0 Å². The highest BCUT2D eigenvalue weighted by Crippen LogP contribution is 2.08. The second kappa shape index (κ2) is 8.42. The number of hydrogen-bond acceptors (Lipinski definition) is 3. The van der Waals surface area contributed by atoms with E-state index in [-0.39, 0.29) is 17.7 Å². The molecule has 0 saturated carbocycles. The van der Waals surface area contributed by atoms with Gasteiger partial charge in [-0.3, -0.25) is 14.6 Å². The van der Waals surface area contributed by atoms with E-state index in [9.17, 15) is 9.59 Å². The number of carbonyl (C=O) groups is 2. The first-order valence-corrected chi connectivity index (χ1v) is 8.44. The molecule has 5 nitrogen and oxygen atoms in total. The van der Waals surface area contributed by atoms with Crippen LogP contribution in [0.3, 0.4) is 0 Å². The molecule has 2 rings (SSSR count). The first kappa shape index (κ1) is 18.6. The summed E-state index contributed by atoms with van der Waals surface area (Å²) in [6.07, 6.45) is 0. The van der Waals surface area contributed by atoms with Gasteiger partial charge in [0.25, 0.3) is 5.91 Å². The smallest absolute Gasteiger partial charge is 0.251 e. The maximum absolute atomic E-state index is 12.5. The summed E-state index contributed by atoms with van der Waals surface area (Å²) in [5.74, 6) is -0.482. The topological polar surface area (TPSA) is 71.1 Å². The van der Waals surface area contributed by atoms with Crippen molar-refractivity contribution in [3.8, 4) is 0 Å². The van der Waals surface area contributed by atoms with Crippen molar-refractivity contribution in [1.82, 2.24) is 15.6 Å². The van der Waals surface area contributed by atoms with E-state index in [0.29, 0.717) is 12.1 Å². The Morgan fingerprint density at radius 3 is 2.44 bits per heavy atom. The van der Waals surface area contributed by atoms with E-state index in [1.165, 1.54) is 0 Å². The lowest BCUT2D eigenvalue weighted by Gasteiger charge is -2.22. The third-order valence-corrected chi connectivity index (χ3v) is 3.91. The molecule has 1 aromatic heterocycles. The Balaban J connectivity index is 2.01. The van der Waals surface area contributed by atoms with Gasteiger partial charge in [-0.25, -0.2) is 0 Å². The third kappa shape index (κ3) is 5.41. The summed E-state index contributed by atoms with van der Waals surface area (Å²) in [5, 5.41) is 5.70. The molecule has 2 N–H and O–H groups in total. The number of carbonyl (C=O) groups excluding carboxylic acids is 2. The summed E-state index contributed by atoms with van der Waals surface area (Å²) in [7, 11) is 0. The first-order valence-electron chi connectivity index (χ1n) is 8.44. The summed E-state index contributed by atoms with van der Waals surface area (Å²) in [6.45, 7) is 7.99. The van der Waals surface area contributed by atoms with Gasteiger partial charge in [0.1, 0.15) is 6.04 Å². The Labute approximate surface area is 148 Å². The van der Waals surface area contributed by atoms with Crippen molar-refractivity contribution in [2.75, 3.05) is 0 Å². The van der Waals surface area contributed by atoms with Crippen LogP contribution in [0.5, 0.6) is 0 Å². The van der Waals surface area contributed by atoms with Crippen LogP contribution in [0.4, 0.5) is 0 Å². The highest BCUT2D eigenvalue weighted by atomic mass is 16.2. The van der Waals surface area contributed by atoms with Crippen LogP contribution in [0.2, 0.25) is 0 Å². The summed E-state index contributed by atoms with van der Waals surface area (Å²) in [4.78, 5) is 29.3. The van der Waals surface area contributed by atoms with Gasteiger partial charge in [0.2, 0.25) is 5.91 Å². The lowest BCUT2D eigenvalue weighted by Crippen LogP contribution is -2.49. The second-order valence-corrected chi connectivity index (χ2v) is 6.55. The molecule has 25 heavy (non-hydrogen) atoms. The molecular weight excluding hydrogens is 314 g/mol. The minimum absolute atomic E-state index is 0.0285. The lowest BCUT2D eigenvalue weighted by atomic mass is 10.0. The molecule has 0 aliphatic rings. The SMILES string of the molecule is Cc1cccc(C(=O)NC(C(=O)NCc2cccc(C)n2)C(C)C)c1. The number of pyridine rings is 1. The van der Waals surface area contributed by atoms with Gasteiger partial charge < -0.3 is 10.6 Å². The number of nitrogens with one attached hydrogen (secondary N) is 2. The van der Waals surface area contributed by atoms with Crippen molar-refractivity contribution < 1.29 is 9.59 Å². The number of hydrogen-bond donors (Lipinski definition) is 2. The Kier molecular flexibility index (Phi) is 6.28. The van der Waals surface area contributed by atoms with Crippen LogP contribution in [0, 0.1) is 19.8 Å². The van der Waals surface area contributed by atoms with Crippen molar-refractivity contribution in [2.45, 2.75) is 40.3 Å². The standard InChI is InChI=1S/C20H25N3O2/c1-13(2)18(23-19(24)16-9-5-7-14(3)11-16)20(25)21-12-17-10-6-8-15(4)22-17/h5-11,13,18H,12H2,1-4H3,(H,21,25)(H,23,24). The van der Waals surface area contributed by atoms with Gasteiger partial charge in [-0.1, -0.05) is 37.6 Å². The molecule has 0 bridgehead atoms. The predicted octanol–water partition coefficient (Wildman–Crippen LogP) is 2.77. The molecule has 132 valence electrons. The zero-order valence-corrected chi connectivity index (χ0v) is 15.2. The zero-order chi connectivity index (χ0) is 18.4. The Morgan fingerprint density at radius 1 is 1.08 bits per heavy atom. The first-order chi connectivity index (χ1) is 11.9. The Bertz CT molecular complexity index is 756. The number of benzene rings is 1. The predicted molar refractivity (Wildman–Crippen MR) is 98.1 cm³/mol. The third-order valence-electron chi connectivity index (χ3n) is 3.91. The fourth-order valence-electron chi connectivity index (χ4n) is 2.53. The van der Waals surface area contributed by atoms with Crippen LogP contribution >= 0.6 is 0 Å². The van der Waals surface area contributed by atoms with Gasteiger partial charge in [0, 0.05) is 11.3 Å². The fraction of sp³-hybridized carbons (Fsp3) is 0.350. The van der Waals surface area contributed by atoms with Crippen LogP contribution in [0.1, 0.15) is 41.2 Å². The fourth-order valence-corrected chi connectivity index (χ4v) is 2.53. The van der Waals surface area contributed by atoms with E-state index < -0.39 is 6.04 Å². The second-order valence-electron chi connectivity index (χ2n) is 6.55. The molecular formula is C20H25N3O2. The summed E-state index contributed by atoms with van der Waals surface area (Å²) >= 11 is 0. The number of aryl methyl sites for hydroxylation is 2. The molecule has 0 spiro atoms. The Morgan fingerprint density at radius 2 is 1.80 bits per heavy atom. The van der Waals surface area contributed by atoms with Crippen molar-refractivity contribution in [2.24, 2.45) is 5.92 Å². The molecule has 1 heterocycles. The summed E-state index contributed by atoms with van der Waals surface area (Å²) in [6, 6.07) is 12.4. The monoisotopic (exact) mass is 339 g/mol. The average molecular weight is 339 g/mol. The van der Waals surface area contributed by atoms with Gasteiger partial charge in [0.05, 0.1) is 12.2 Å². The number of nitrogens with zero attached hydrogens (tertiary/aromatic N) is 1. The van der Waals surface area contributed by atoms with E-state index in [2.05, 4.69) is 15.6 Å². The molecule has 1 aromatic carbocycles. The molecule has 0 aliphatic heterocycles. The van der Waals surface area contributed by atoms with Crippen LogP contribution < -0.4 is 10.6 Å². The highest BCUT2D eigenvalue weighted by Gasteiger charge is 2.24. The average Bonchev–Trinajstić information content (AvgIpc) is 2.57. The van der Waals surface area contributed by atoms with Crippen molar-refractivity contribution in [3.63, 3.8) is 0 Å². The van der Waals surface area contributed by atoms with Gasteiger partial charge in [-0.15, -0.1) is 0 Å². The molecule has 0 fully saturated rings. The zero-order valence-electron chi connectivity index (χ0n) is 15.2. The highest BCUT2D eigenvalue weighted by molar-refractivity contribution is 5.97. The molecule has 1 atom stereocenters. The van der Waals surface area contributed by atoms with E-state index >= 15 is 0 Å². The molecule has 1 unspecified atom stereocenters. The maximum atomic E-state index is 12.5. The van der Waals surface area contributed by atoms with Crippen molar-refractivity contribution >= 4 is 11.8 Å². The van der Waals surface area contributed by atoms with E-state index in [1.807, 2.05) is 58.0 Å². The minimum atomic E-state index is -0.599. The van der Waals surface area contributed by atoms with Gasteiger partial charge in [-0.05, 0) is 44.0 Å².